The second-order valence-corrected chi connectivity index (χ2v) is 6.15. The fraction of sp³-hybridized carbons (Fsp3) is 0.353. The molecule has 2 N–H and O–H groups in total. The van der Waals surface area contributed by atoms with Crippen LogP contribution in [0, 0.1) is 0 Å². The third kappa shape index (κ3) is 5.08. The monoisotopic (exact) mass is 285 g/mol. The number of benzene rings is 1. The highest BCUT2D eigenvalue weighted by Crippen LogP contribution is 2.08. The van der Waals surface area contributed by atoms with Crippen LogP contribution in [0.15, 0.2) is 48.7 Å². The van der Waals surface area contributed by atoms with Crippen LogP contribution < -0.4 is 10.6 Å². The highest BCUT2D eigenvalue weighted by molar-refractivity contribution is 5.90. The van der Waals surface area contributed by atoms with Gasteiger partial charge < -0.3 is 15.2 Å². The number of carbonyl (C=O) groups excluding carboxylic acids is 1. The zero-order valence-corrected chi connectivity index (χ0v) is 12.9. The third-order valence-electron chi connectivity index (χ3n) is 3.09. The first kappa shape index (κ1) is 15.3. The molecule has 0 saturated carbocycles. The molecule has 0 spiro atoms. The van der Waals surface area contributed by atoms with Crippen molar-refractivity contribution in [2.75, 3.05) is 5.32 Å². The summed E-state index contributed by atoms with van der Waals surface area (Å²) < 4.78 is 1.97. The van der Waals surface area contributed by atoms with E-state index >= 15 is 0 Å². The van der Waals surface area contributed by atoms with Crippen LogP contribution in [0.4, 0.5) is 5.69 Å². The van der Waals surface area contributed by atoms with E-state index in [9.17, 15) is 4.79 Å². The molecule has 4 heteroatoms. The van der Waals surface area contributed by atoms with Gasteiger partial charge in [-0.2, -0.15) is 0 Å². The minimum Gasteiger partial charge on any atom is -0.341 e. The van der Waals surface area contributed by atoms with Crippen LogP contribution in [0.1, 0.15) is 26.5 Å². The molecular weight excluding hydrogens is 262 g/mol. The molecule has 1 heterocycles. The summed E-state index contributed by atoms with van der Waals surface area (Å²) in [7, 11) is 0. The molecule has 2 aromatic rings. The zero-order chi connectivity index (χ0) is 15.3. The summed E-state index contributed by atoms with van der Waals surface area (Å²) >= 11 is 0. The molecule has 0 aliphatic carbocycles. The SMILES string of the molecule is CC(C)(C)NCc1cccn1CC(=O)Nc1ccccc1. The number of nitrogens with zero attached hydrogens (tertiary/aromatic N) is 1. The lowest BCUT2D eigenvalue weighted by Gasteiger charge is -2.21. The first-order valence-corrected chi connectivity index (χ1v) is 7.18. The molecule has 2 rings (SSSR count). The Morgan fingerprint density at radius 3 is 2.48 bits per heavy atom. The van der Waals surface area contributed by atoms with Crippen LogP contribution in [-0.4, -0.2) is 16.0 Å². The van der Waals surface area contributed by atoms with E-state index in [1.54, 1.807) is 0 Å². The van der Waals surface area contributed by atoms with E-state index in [-0.39, 0.29) is 11.4 Å². The van der Waals surface area contributed by atoms with Crippen LogP contribution in [-0.2, 0) is 17.9 Å². The van der Waals surface area contributed by atoms with Gasteiger partial charge in [0.05, 0.1) is 0 Å². The fourth-order valence-corrected chi connectivity index (χ4v) is 2.00. The Morgan fingerprint density at radius 1 is 1.10 bits per heavy atom. The summed E-state index contributed by atoms with van der Waals surface area (Å²) in [5.41, 5.74) is 1.98. The van der Waals surface area contributed by atoms with Crippen molar-refractivity contribution in [1.82, 2.24) is 9.88 Å². The molecule has 1 amide bonds. The van der Waals surface area contributed by atoms with Crippen molar-refractivity contribution in [2.45, 2.75) is 39.4 Å². The van der Waals surface area contributed by atoms with Crippen molar-refractivity contribution in [2.24, 2.45) is 0 Å². The molecule has 0 atom stereocenters. The maximum atomic E-state index is 12.1. The van der Waals surface area contributed by atoms with Gasteiger partial charge in [0.15, 0.2) is 0 Å². The Bertz CT molecular complexity index is 582. The van der Waals surface area contributed by atoms with Crippen LogP contribution in [0.2, 0.25) is 0 Å². The number of hydrogen-bond donors (Lipinski definition) is 2. The average Bonchev–Trinajstić information content (AvgIpc) is 2.84. The van der Waals surface area contributed by atoms with Crippen LogP contribution in [0.3, 0.4) is 0 Å². The maximum absolute atomic E-state index is 12.1. The first-order valence-electron chi connectivity index (χ1n) is 7.18. The second kappa shape index (κ2) is 6.59. The molecule has 0 fully saturated rings. The van der Waals surface area contributed by atoms with Crippen molar-refractivity contribution in [3.05, 3.63) is 54.4 Å². The fourth-order valence-electron chi connectivity index (χ4n) is 2.00. The summed E-state index contributed by atoms with van der Waals surface area (Å²) in [4.78, 5) is 12.1. The predicted molar refractivity (Wildman–Crippen MR) is 86.1 cm³/mol. The normalized spacial score (nSPS) is 11.4. The van der Waals surface area contributed by atoms with Gasteiger partial charge in [0.25, 0.3) is 0 Å². The largest absolute Gasteiger partial charge is 0.341 e. The lowest BCUT2D eigenvalue weighted by atomic mass is 10.1. The topological polar surface area (TPSA) is 46.1 Å². The van der Waals surface area contributed by atoms with Gasteiger partial charge in [-0.25, -0.2) is 0 Å². The minimum absolute atomic E-state index is 0.0191. The zero-order valence-electron chi connectivity index (χ0n) is 12.9. The Balaban J connectivity index is 1.94. The number of hydrogen-bond acceptors (Lipinski definition) is 2. The van der Waals surface area contributed by atoms with Crippen LogP contribution in [0.25, 0.3) is 0 Å². The van der Waals surface area contributed by atoms with Crippen molar-refractivity contribution < 1.29 is 4.79 Å². The van der Waals surface area contributed by atoms with Gasteiger partial charge >= 0.3 is 0 Å². The van der Waals surface area contributed by atoms with Crippen molar-refractivity contribution >= 4 is 11.6 Å². The van der Waals surface area contributed by atoms with Gasteiger partial charge in [0.1, 0.15) is 6.54 Å². The number of nitrogens with one attached hydrogen (secondary N) is 2. The highest BCUT2D eigenvalue weighted by Gasteiger charge is 2.11. The Kier molecular flexibility index (Phi) is 4.81. The Labute approximate surface area is 126 Å². The quantitative estimate of drug-likeness (QED) is 0.887. The van der Waals surface area contributed by atoms with E-state index in [4.69, 9.17) is 0 Å². The maximum Gasteiger partial charge on any atom is 0.244 e. The van der Waals surface area contributed by atoms with E-state index in [2.05, 4.69) is 31.4 Å². The second-order valence-electron chi connectivity index (χ2n) is 6.15. The van der Waals surface area contributed by atoms with Crippen LogP contribution >= 0.6 is 0 Å². The average molecular weight is 285 g/mol. The lowest BCUT2D eigenvalue weighted by Crippen LogP contribution is -2.35. The smallest absolute Gasteiger partial charge is 0.244 e. The van der Waals surface area contributed by atoms with Gasteiger partial charge in [-0.3, -0.25) is 4.79 Å². The highest BCUT2D eigenvalue weighted by atomic mass is 16.1. The number of anilines is 1. The van der Waals surface area contributed by atoms with E-state index in [1.165, 1.54) is 0 Å². The summed E-state index contributed by atoms with van der Waals surface area (Å²) in [6.07, 6.45) is 1.93. The van der Waals surface area contributed by atoms with Crippen molar-refractivity contribution in [3.8, 4) is 0 Å². The van der Waals surface area contributed by atoms with Gasteiger partial charge in [-0.15, -0.1) is 0 Å². The number of aromatic nitrogens is 1. The number of para-hydroxylation sites is 1. The van der Waals surface area contributed by atoms with E-state index in [0.29, 0.717) is 6.54 Å². The molecule has 0 aliphatic rings. The molecule has 112 valence electrons. The molecule has 21 heavy (non-hydrogen) atoms. The Hall–Kier alpha value is -2.07. The Morgan fingerprint density at radius 2 is 1.81 bits per heavy atom. The molecule has 1 aromatic heterocycles. The number of rotatable bonds is 5. The summed E-state index contributed by atoms with van der Waals surface area (Å²) in [5.74, 6) is -0.0191. The minimum atomic E-state index is -0.0191. The summed E-state index contributed by atoms with van der Waals surface area (Å²) in [6, 6.07) is 13.5. The summed E-state index contributed by atoms with van der Waals surface area (Å²) in [6.45, 7) is 7.45. The van der Waals surface area contributed by atoms with E-state index in [0.717, 1.165) is 17.9 Å². The molecule has 0 unspecified atom stereocenters. The van der Waals surface area contributed by atoms with Gasteiger partial charge in [-0.1, -0.05) is 18.2 Å². The predicted octanol–water partition coefficient (Wildman–Crippen LogP) is 3.01. The first-order chi connectivity index (χ1) is 9.94. The van der Waals surface area contributed by atoms with Crippen LogP contribution in [0.5, 0.6) is 0 Å². The summed E-state index contributed by atoms with van der Waals surface area (Å²) in [5, 5.41) is 6.33. The molecular formula is C17H23N3O. The molecule has 0 saturated heterocycles. The van der Waals surface area contributed by atoms with Crippen molar-refractivity contribution in [3.63, 3.8) is 0 Å². The third-order valence-corrected chi connectivity index (χ3v) is 3.09. The van der Waals surface area contributed by atoms with Crippen molar-refractivity contribution in [1.29, 1.82) is 0 Å². The van der Waals surface area contributed by atoms with E-state index in [1.807, 2.05) is 53.2 Å². The molecule has 4 nitrogen and oxygen atoms in total. The molecule has 0 bridgehead atoms. The number of carbonyl (C=O) groups is 1. The van der Waals surface area contributed by atoms with Gasteiger partial charge in [-0.05, 0) is 45.0 Å². The number of amides is 1. The van der Waals surface area contributed by atoms with E-state index < -0.39 is 0 Å². The molecule has 0 aliphatic heterocycles. The molecule has 0 radical (unpaired) electrons. The molecule has 1 aromatic carbocycles. The lowest BCUT2D eigenvalue weighted by molar-refractivity contribution is -0.116. The van der Waals surface area contributed by atoms with Gasteiger partial charge in [0.2, 0.25) is 5.91 Å². The van der Waals surface area contributed by atoms with Gasteiger partial charge in [0, 0.05) is 29.7 Å². The standard InChI is InChI=1S/C17H23N3O/c1-17(2,3)18-12-15-10-7-11-20(15)13-16(21)19-14-8-5-4-6-9-14/h4-11,18H,12-13H2,1-3H3,(H,19,21).